The van der Waals surface area contributed by atoms with Crippen molar-refractivity contribution in [1.82, 2.24) is 4.90 Å². The van der Waals surface area contributed by atoms with Crippen molar-refractivity contribution in [2.45, 2.75) is 12.0 Å². The van der Waals surface area contributed by atoms with Gasteiger partial charge in [0.05, 0.1) is 19.3 Å². The number of anilines is 1. The molecule has 3 rings (SSSR count). The molecule has 0 aromatic heterocycles. The SMILES string of the molecule is COc1ccccc1NCC(=O)N1C[C@@H](N)[C@H](c2ccccc2)C1. The Morgan fingerprint density at radius 1 is 1.17 bits per heavy atom. The van der Waals surface area contributed by atoms with Crippen LogP contribution in [0.15, 0.2) is 54.6 Å². The van der Waals surface area contributed by atoms with Crippen molar-refractivity contribution in [3.8, 4) is 5.75 Å². The number of ether oxygens (including phenoxy) is 1. The third kappa shape index (κ3) is 3.51. The van der Waals surface area contributed by atoms with E-state index >= 15 is 0 Å². The molecule has 1 saturated heterocycles. The standard InChI is InChI=1S/C19H23N3O2/c1-24-18-10-6-5-9-17(18)21-11-19(23)22-12-15(16(20)13-22)14-7-3-2-4-8-14/h2-10,15-16,21H,11-13,20H2,1H3/t15-,16+/m0/s1. The number of likely N-dealkylation sites (tertiary alicyclic amines) is 1. The smallest absolute Gasteiger partial charge is 0.241 e. The number of carbonyl (C=O) groups is 1. The molecule has 1 aliphatic rings. The summed E-state index contributed by atoms with van der Waals surface area (Å²) < 4.78 is 5.29. The molecule has 1 amide bonds. The van der Waals surface area contributed by atoms with Crippen LogP contribution < -0.4 is 15.8 Å². The summed E-state index contributed by atoms with van der Waals surface area (Å²) in [5.41, 5.74) is 8.27. The summed E-state index contributed by atoms with van der Waals surface area (Å²) in [7, 11) is 1.62. The van der Waals surface area contributed by atoms with Crippen molar-refractivity contribution < 1.29 is 9.53 Å². The molecule has 5 nitrogen and oxygen atoms in total. The van der Waals surface area contributed by atoms with E-state index in [0.717, 1.165) is 11.4 Å². The molecule has 0 unspecified atom stereocenters. The monoisotopic (exact) mass is 325 g/mol. The van der Waals surface area contributed by atoms with Gasteiger partial charge in [-0.2, -0.15) is 0 Å². The van der Waals surface area contributed by atoms with Gasteiger partial charge < -0.3 is 20.7 Å². The molecule has 2 aromatic carbocycles. The first-order valence-corrected chi connectivity index (χ1v) is 8.14. The highest BCUT2D eigenvalue weighted by Gasteiger charge is 2.33. The van der Waals surface area contributed by atoms with E-state index < -0.39 is 0 Å². The minimum absolute atomic E-state index is 0.0254. The van der Waals surface area contributed by atoms with E-state index in [-0.39, 0.29) is 24.4 Å². The molecule has 0 aliphatic carbocycles. The molecule has 1 aliphatic heterocycles. The van der Waals surface area contributed by atoms with Crippen LogP contribution in [0.4, 0.5) is 5.69 Å². The summed E-state index contributed by atoms with van der Waals surface area (Å²) in [6.07, 6.45) is 0. The van der Waals surface area contributed by atoms with Crippen LogP contribution in [-0.4, -0.2) is 43.6 Å². The molecular weight excluding hydrogens is 302 g/mol. The van der Waals surface area contributed by atoms with Crippen LogP contribution in [0, 0.1) is 0 Å². The number of nitrogens with one attached hydrogen (secondary N) is 1. The second-order valence-electron chi connectivity index (χ2n) is 6.03. The number of benzene rings is 2. The van der Waals surface area contributed by atoms with Crippen LogP contribution in [0.1, 0.15) is 11.5 Å². The van der Waals surface area contributed by atoms with Crippen molar-refractivity contribution in [3.63, 3.8) is 0 Å². The Morgan fingerprint density at radius 3 is 2.62 bits per heavy atom. The fourth-order valence-corrected chi connectivity index (χ4v) is 3.16. The maximum absolute atomic E-state index is 12.5. The van der Waals surface area contributed by atoms with Gasteiger partial charge in [-0.05, 0) is 17.7 Å². The Balaban J connectivity index is 1.60. The van der Waals surface area contributed by atoms with E-state index in [1.54, 1.807) is 7.11 Å². The number of rotatable bonds is 5. The van der Waals surface area contributed by atoms with Crippen molar-refractivity contribution in [3.05, 3.63) is 60.2 Å². The van der Waals surface area contributed by atoms with Gasteiger partial charge in [-0.25, -0.2) is 0 Å². The molecule has 0 spiro atoms. The van der Waals surface area contributed by atoms with Crippen molar-refractivity contribution >= 4 is 11.6 Å². The van der Waals surface area contributed by atoms with Crippen LogP contribution in [0.25, 0.3) is 0 Å². The van der Waals surface area contributed by atoms with E-state index in [2.05, 4.69) is 17.4 Å². The highest BCUT2D eigenvalue weighted by Crippen LogP contribution is 2.27. The van der Waals surface area contributed by atoms with Crippen LogP contribution in [0.2, 0.25) is 0 Å². The van der Waals surface area contributed by atoms with Crippen molar-refractivity contribution in [1.29, 1.82) is 0 Å². The van der Waals surface area contributed by atoms with E-state index in [9.17, 15) is 4.79 Å². The van der Waals surface area contributed by atoms with Gasteiger partial charge in [0.15, 0.2) is 0 Å². The summed E-state index contributed by atoms with van der Waals surface area (Å²) in [4.78, 5) is 14.3. The van der Waals surface area contributed by atoms with Gasteiger partial charge in [-0.3, -0.25) is 4.79 Å². The van der Waals surface area contributed by atoms with Crippen LogP contribution >= 0.6 is 0 Å². The Hall–Kier alpha value is -2.53. The predicted octanol–water partition coefficient (Wildman–Crippen LogP) is 2.06. The number of hydrogen-bond donors (Lipinski definition) is 2. The third-order valence-corrected chi connectivity index (χ3v) is 4.48. The molecule has 0 radical (unpaired) electrons. The molecule has 126 valence electrons. The molecule has 0 saturated carbocycles. The fraction of sp³-hybridized carbons (Fsp3) is 0.316. The van der Waals surface area contributed by atoms with Crippen molar-refractivity contribution in [2.75, 3.05) is 32.1 Å². The van der Waals surface area contributed by atoms with Gasteiger partial charge in [0.2, 0.25) is 5.91 Å². The lowest BCUT2D eigenvalue weighted by atomic mass is 9.95. The average molecular weight is 325 g/mol. The van der Waals surface area contributed by atoms with Gasteiger partial charge in [-0.15, -0.1) is 0 Å². The Kier molecular flexibility index (Phi) is 5.01. The summed E-state index contributed by atoms with van der Waals surface area (Å²) in [5.74, 6) is 0.974. The second kappa shape index (κ2) is 7.36. The molecule has 2 aromatic rings. The normalized spacial score (nSPS) is 20.0. The van der Waals surface area contributed by atoms with E-state index in [1.807, 2.05) is 47.4 Å². The Bertz CT molecular complexity index is 690. The molecule has 0 bridgehead atoms. The zero-order valence-corrected chi connectivity index (χ0v) is 13.8. The number of para-hydroxylation sites is 2. The average Bonchev–Trinajstić information content (AvgIpc) is 3.02. The lowest BCUT2D eigenvalue weighted by Gasteiger charge is -2.18. The van der Waals surface area contributed by atoms with Crippen LogP contribution in [0.5, 0.6) is 5.75 Å². The summed E-state index contributed by atoms with van der Waals surface area (Å²) in [6.45, 7) is 1.48. The number of nitrogens with two attached hydrogens (primary N) is 1. The van der Waals surface area contributed by atoms with Gasteiger partial charge in [0.1, 0.15) is 5.75 Å². The highest BCUT2D eigenvalue weighted by atomic mass is 16.5. The topological polar surface area (TPSA) is 67.6 Å². The lowest BCUT2D eigenvalue weighted by molar-refractivity contribution is -0.128. The summed E-state index contributed by atoms with van der Waals surface area (Å²) >= 11 is 0. The largest absolute Gasteiger partial charge is 0.495 e. The van der Waals surface area contributed by atoms with Gasteiger partial charge >= 0.3 is 0 Å². The lowest BCUT2D eigenvalue weighted by Crippen LogP contribution is -2.35. The first-order valence-electron chi connectivity index (χ1n) is 8.14. The maximum atomic E-state index is 12.5. The molecule has 24 heavy (non-hydrogen) atoms. The van der Waals surface area contributed by atoms with E-state index in [4.69, 9.17) is 10.5 Å². The Labute approximate surface area is 142 Å². The Morgan fingerprint density at radius 2 is 1.88 bits per heavy atom. The van der Waals surface area contributed by atoms with Crippen LogP contribution in [-0.2, 0) is 4.79 Å². The summed E-state index contributed by atoms with van der Waals surface area (Å²) in [5, 5.41) is 3.15. The second-order valence-corrected chi connectivity index (χ2v) is 6.03. The minimum atomic E-state index is -0.0254. The van der Waals surface area contributed by atoms with Crippen LogP contribution in [0.3, 0.4) is 0 Å². The van der Waals surface area contributed by atoms with E-state index in [1.165, 1.54) is 5.56 Å². The number of hydrogen-bond acceptors (Lipinski definition) is 4. The predicted molar refractivity (Wildman–Crippen MR) is 95.2 cm³/mol. The first kappa shape index (κ1) is 16.3. The molecule has 3 N–H and O–H groups in total. The van der Waals surface area contributed by atoms with Crippen molar-refractivity contribution in [2.24, 2.45) is 5.73 Å². The van der Waals surface area contributed by atoms with Gasteiger partial charge in [0.25, 0.3) is 0 Å². The molecular formula is C19H23N3O2. The molecule has 1 fully saturated rings. The quantitative estimate of drug-likeness (QED) is 0.883. The van der Waals surface area contributed by atoms with E-state index in [0.29, 0.717) is 13.1 Å². The number of amides is 1. The molecule has 5 heteroatoms. The highest BCUT2D eigenvalue weighted by molar-refractivity contribution is 5.82. The zero-order valence-electron chi connectivity index (χ0n) is 13.8. The summed E-state index contributed by atoms with van der Waals surface area (Å²) in [6, 6.07) is 17.7. The van der Waals surface area contributed by atoms with Gasteiger partial charge in [-0.1, -0.05) is 42.5 Å². The maximum Gasteiger partial charge on any atom is 0.241 e. The fourth-order valence-electron chi connectivity index (χ4n) is 3.16. The van der Waals surface area contributed by atoms with Gasteiger partial charge in [0, 0.05) is 25.0 Å². The third-order valence-electron chi connectivity index (χ3n) is 4.48. The number of methoxy groups -OCH3 is 1. The first-order chi connectivity index (χ1) is 11.7. The minimum Gasteiger partial charge on any atom is -0.495 e. The zero-order chi connectivity index (χ0) is 16.9. The number of carbonyl (C=O) groups excluding carboxylic acids is 1. The molecule has 2 atom stereocenters. The number of nitrogens with zero attached hydrogens (tertiary/aromatic N) is 1. The molecule has 1 heterocycles.